The smallest absolute Gasteiger partial charge is 0.0693 e. The second-order valence-electron chi connectivity index (χ2n) is 6.34. The molecule has 1 saturated heterocycles. The number of hydrogen-bond donors (Lipinski definition) is 0. The predicted octanol–water partition coefficient (Wildman–Crippen LogP) is 5.32. The van der Waals surface area contributed by atoms with E-state index in [1.807, 2.05) is 12.1 Å². The third-order valence-corrected chi connectivity index (χ3v) is 5.37. The van der Waals surface area contributed by atoms with Crippen LogP contribution in [0.25, 0.3) is 0 Å². The van der Waals surface area contributed by atoms with Crippen LogP contribution in [0.4, 0.5) is 0 Å². The van der Waals surface area contributed by atoms with Crippen molar-refractivity contribution in [2.24, 2.45) is 11.3 Å². The summed E-state index contributed by atoms with van der Waals surface area (Å²) in [6.45, 7) is 8.36. The minimum Gasteiger partial charge on any atom is -0.296 e. The van der Waals surface area contributed by atoms with Crippen molar-refractivity contribution < 1.29 is 0 Å². The lowest BCUT2D eigenvalue weighted by Gasteiger charge is -2.42. The number of hydrogen-bond acceptors (Lipinski definition) is 2. The summed E-state index contributed by atoms with van der Waals surface area (Å²) >= 11 is 12.2. The monoisotopic (exact) mass is 324 g/mol. The molecular formula is C17H22Cl2N2. The highest BCUT2D eigenvalue weighted by molar-refractivity contribution is 6.34. The van der Waals surface area contributed by atoms with E-state index in [0.717, 1.165) is 31.5 Å². The standard InChI is InChI=1S/C17H22Cl2N2/c1-12(2)17(11-20)4-6-21(7-5-17)13(3)14-8-15(18)10-16(19)9-14/h8-10,12-13H,4-7H2,1-3H3/t13-/m1/s1. The van der Waals surface area contributed by atoms with Gasteiger partial charge in [-0.2, -0.15) is 5.26 Å². The molecule has 0 N–H and O–H groups in total. The summed E-state index contributed by atoms with van der Waals surface area (Å²) in [6, 6.07) is 8.55. The summed E-state index contributed by atoms with van der Waals surface area (Å²) in [7, 11) is 0. The molecule has 1 heterocycles. The fraction of sp³-hybridized carbons (Fsp3) is 0.588. The van der Waals surface area contributed by atoms with Crippen molar-refractivity contribution in [2.45, 2.75) is 39.7 Å². The van der Waals surface area contributed by atoms with Crippen molar-refractivity contribution in [1.82, 2.24) is 4.90 Å². The van der Waals surface area contributed by atoms with Gasteiger partial charge < -0.3 is 0 Å². The Morgan fingerprint density at radius 2 is 1.62 bits per heavy atom. The van der Waals surface area contributed by atoms with Crippen molar-refractivity contribution in [3.8, 4) is 6.07 Å². The number of nitrogens with zero attached hydrogens (tertiary/aromatic N) is 2. The number of benzene rings is 1. The molecule has 1 aromatic carbocycles. The van der Waals surface area contributed by atoms with Crippen LogP contribution in [-0.2, 0) is 0 Å². The maximum absolute atomic E-state index is 9.52. The van der Waals surface area contributed by atoms with Crippen LogP contribution in [-0.4, -0.2) is 18.0 Å². The molecule has 4 heteroatoms. The molecule has 1 aliphatic rings. The molecule has 21 heavy (non-hydrogen) atoms. The fourth-order valence-corrected chi connectivity index (χ4v) is 3.70. The molecule has 0 saturated carbocycles. The normalized spacial score (nSPS) is 20.2. The zero-order chi connectivity index (χ0) is 15.6. The van der Waals surface area contributed by atoms with Gasteiger partial charge in [0.2, 0.25) is 0 Å². The molecule has 1 fully saturated rings. The average molecular weight is 325 g/mol. The van der Waals surface area contributed by atoms with E-state index in [1.165, 1.54) is 0 Å². The Morgan fingerprint density at radius 3 is 2.05 bits per heavy atom. The summed E-state index contributed by atoms with van der Waals surface area (Å²) in [4.78, 5) is 2.42. The first-order valence-corrected chi connectivity index (χ1v) is 8.25. The molecular weight excluding hydrogens is 303 g/mol. The maximum atomic E-state index is 9.52. The van der Waals surface area contributed by atoms with Gasteiger partial charge in [-0.05, 0) is 49.4 Å². The maximum Gasteiger partial charge on any atom is 0.0693 e. The Hall–Kier alpha value is -0.750. The highest BCUT2D eigenvalue weighted by atomic mass is 35.5. The molecule has 1 atom stereocenters. The topological polar surface area (TPSA) is 27.0 Å². The van der Waals surface area contributed by atoms with E-state index in [4.69, 9.17) is 23.2 Å². The lowest BCUT2D eigenvalue weighted by atomic mass is 9.71. The van der Waals surface area contributed by atoms with E-state index in [0.29, 0.717) is 16.0 Å². The first-order chi connectivity index (χ1) is 9.88. The molecule has 0 radical (unpaired) electrons. The van der Waals surface area contributed by atoms with Gasteiger partial charge >= 0.3 is 0 Å². The molecule has 114 valence electrons. The highest BCUT2D eigenvalue weighted by Crippen LogP contribution is 2.40. The molecule has 0 aromatic heterocycles. The van der Waals surface area contributed by atoms with Crippen molar-refractivity contribution in [3.05, 3.63) is 33.8 Å². The zero-order valence-corrected chi connectivity index (χ0v) is 14.4. The minimum atomic E-state index is -0.164. The van der Waals surface area contributed by atoms with Crippen LogP contribution in [0.3, 0.4) is 0 Å². The quantitative estimate of drug-likeness (QED) is 0.752. The SMILES string of the molecule is CC(C)C1(C#N)CCN([C@H](C)c2cc(Cl)cc(Cl)c2)CC1. The van der Waals surface area contributed by atoms with Gasteiger partial charge in [-0.15, -0.1) is 0 Å². The van der Waals surface area contributed by atoms with Crippen molar-refractivity contribution in [3.63, 3.8) is 0 Å². The van der Waals surface area contributed by atoms with E-state index in [2.05, 4.69) is 31.7 Å². The van der Waals surface area contributed by atoms with Crippen molar-refractivity contribution in [2.75, 3.05) is 13.1 Å². The van der Waals surface area contributed by atoms with Gasteiger partial charge in [0, 0.05) is 29.2 Å². The number of halogens is 2. The van der Waals surface area contributed by atoms with Crippen molar-refractivity contribution >= 4 is 23.2 Å². The molecule has 0 unspecified atom stereocenters. The average Bonchev–Trinajstić information content (AvgIpc) is 2.45. The first kappa shape index (κ1) is 16.6. The van der Waals surface area contributed by atoms with Crippen LogP contribution in [0.15, 0.2) is 18.2 Å². The molecule has 0 amide bonds. The summed E-state index contributed by atoms with van der Waals surface area (Å²) in [6.07, 6.45) is 1.86. The summed E-state index contributed by atoms with van der Waals surface area (Å²) in [5.41, 5.74) is 0.976. The minimum absolute atomic E-state index is 0.164. The van der Waals surface area contributed by atoms with E-state index >= 15 is 0 Å². The number of nitriles is 1. The fourth-order valence-electron chi connectivity index (χ4n) is 3.16. The lowest BCUT2D eigenvalue weighted by Crippen LogP contribution is -2.42. The largest absolute Gasteiger partial charge is 0.296 e. The summed E-state index contributed by atoms with van der Waals surface area (Å²) in [5.74, 6) is 0.403. The van der Waals surface area contributed by atoms with Gasteiger partial charge in [0.05, 0.1) is 11.5 Å². The van der Waals surface area contributed by atoms with Crippen LogP contribution in [0.5, 0.6) is 0 Å². The highest BCUT2D eigenvalue weighted by Gasteiger charge is 2.38. The number of piperidine rings is 1. The van der Waals surface area contributed by atoms with Crippen LogP contribution in [0.2, 0.25) is 10.0 Å². The van der Waals surface area contributed by atoms with Gasteiger partial charge in [0.15, 0.2) is 0 Å². The van der Waals surface area contributed by atoms with Gasteiger partial charge in [-0.3, -0.25) is 4.90 Å². The first-order valence-electron chi connectivity index (χ1n) is 7.49. The van der Waals surface area contributed by atoms with Gasteiger partial charge in [-0.25, -0.2) is 0 Å². The van der Waals surface area contributed by atoms with Gasteiger partial charge in [0.1, 0.15) is 0 Å². The Balaban J connectivity index is 2.10. The van der Waals surface area contributed by atoms with E-state index in [-0.39, 0.29) is 11.5 Å². The molecule has 1 aromatic rings. The summed E-state index contributed by atoms with van der Waals surface area (Å²) < 4.78 is 0. The van der Waals surface area contributed by atoms with E-state index in [1.54, 1.807) is 6.07 Å². The third-order valence-electron chi connectivity index (χ3n) is 4.93. The Labute approximate surface area is 137 Å². The number of rotatable bonds is 3. The molecule has 2 nitrogen and oxygen atoms in total. The molecule has 2 rings (SSSR count). The van der Waals surface area contributed by atoms with Crippen LogP contribution in [0.1, 0.15) is 45.2 Å². The molecule has 0 spiro atoms. The third kappa shape index (κ3) is 3.54. The predicted molar refractivity (Wildman–Crippen MR) is 88.6 cm³/mol. The Kier molecular flexibility index (Phi) is 5.20. The van der Waals surface area contributed by atoms with Gasteiger partial charge in [0.25, 0.3) is 0 Å². The van der Waals surface area contributed by atoms with Crippen molar-refractivity contribution in [1.29, 1.82) is 5.26 Å². The molecule has 1 aliphatic heterocycles. The lowest BCUT2D eigenvalue weighted by molar-refractivity contribution is 0.0825. The van der Waals surface area contributed by atoms with Gasteiger partial charge in [-0.1, -0.05) is 37.0 Å². The van der Waals surface area contributed by atoms with E-state index in [9.17, 15) is 5.26 Å². The second-order valence-corrected chi connectivity index (χ2v) is 7.21. The van der Waals surface area contributed by atoms with Crippen LogP contribution in [0, 0.1) is 22.7 Å². The summed E-state index contributed by atoms with van der Waals surface area (Å²) in [5, 5.41) is 10.9. The second kappa shape index (κ2) is 6.57. The van der Waals surface area contributed by atoms with Crippen LogP contribution >= 0.6 is 23.2 Å². The molecule has 0 bridgehead atoms. The number of likely N-dealkylation sites (tertiary alicyclic amines) is 1. The Morgan fingerprint density at radius 1 is 1.10 bits per heavy atom. The Bertz CT molecular complexity index is 520. The zero-order valence-electron chi connectivity index (χ0n) is 12.9. The van der Waals surface area contributed by atoms with E-state index < -0.39 is 0 Å². The molecule has 0 aliphatic carbocycles. The van der Waals surface area contributed by atoms with Crippen LogP contribution < -0.4 is 0 Å².